The van der Waals surface area contributed by atoms with E-state index in [-0.39, 0.29) is 16.6 Å². The Labute approximate surface area is 176 Å². The quantitative estimate of drug-likeness (QED) is 0.490. The highest BCUT2D eigenvalue weighted by molar-refractivity contribution is 6.39. The lowest BCUT2D eigenvalue weighted by atomic mass is 10.2. The number of fused-ring (bicyclic) bond motifs is 1. The predicted octanol–water partition coefficient (Wildman–Crippen LogP) is 4.40. The first-order valence-electron chi connectivity index (χ1n) is 8.65. The number of halogens is 2. The Hall–Kier alpha value is -3.16. The van der Waals surface area contributed by atoms with Gasteiger partial charge in [-0.3, -0.25) is 14.8 Å². The number of carboxylic acids is 1. The van der Waals surface area contributed by atoms with Crippen LogP contribution in [0.5, 0.6) is 0 Å². The van der Waals surface area contributed by atoms with Crippen LogP contribution in [0.25, 0.3) is 11.0 Å². The van der Waals surface area contributed by atoms with E-state index in [0.717, 1.165) is 16.6 Å². The van der Waals surface area contributed by atoms with E-state index in [2.05, 4.69) is 15.0 Å². The van der Waals surface area contributed by atoms with Crippen LogP contribution in [0, 0.1) is 0 Å². The minimum atomic E-state index is -1.02. The van der Waals surface area contributed by atoms with Gasteiger partial charge in [-0.25, -0.2) is 4.98 Å². The number of nitrogens with zero attached hydrogens (tertiary/aromatic N) is 5. The molecule has 29 heavy (non-hydrogen) atoms. The van der Waals surface area contributed by atoms with Gasteiger partial charge in [0.1, 0.15) is 12.2 Å². The van der Waals surface area contributed by atoms with Crippen LogP contribution in [0.4, 0.5) is 11.4 Å². The van der Waals surface area contributed by atoms with Gasteiger partial charge in [0.2, 0.25) is 0 Å². The fourth-order valence-electron chi connectivity index (χ4n) is 3.21. The molecule has 0 saturated carbocycles. The Morgan fingerprint density at radius 3 is 2.48 bits per heavy atom. The van der Waals surface area contributed by atoms with Gasteiger partial charge in [0, 0.05) is 49.1 Å². The van der Waals surface area contributed by atoms with Gasteiger partial charge in [-0.15, -0.1) is 0 Å². The van der Waals surface area contributed by atoms with Gasteiger partial charge in [0.05, 0.1) is 21.4 Å². The standard InChI is InChI=1S/C20H15Cl2N5O2/c21-15-8-24-9-16(22)19(15)27(12-18(28)29)17-11-26(10-13-3-6-23-7-4-13)20-14(17)2-1-5-25-20/h1-9,11H,10,12H2,(H,28,29). The Morgan fingerprint density at radius 2 is 1.79 bits per heavy atom. The molecule has 7 nitrogen and oxygen atoms in total. The highest BCUT2D eigenvalue weighted by Gasteiger charge is 2.23. The average Bonchev–Trinajstić information content (AvgIpc) is 3.06. The molecule has 1 N–H and O–H groups in total. The topological polar surface area (TPSA) is 84.1 Å². The molecule has 0 aliphatic heterocycles. The van der Waals surface area contributed by atoms with Crippen LogP contribution in [-0.4, -0.2) is 37.1 Å². The van der Waals surface area contributed by atoms with Crippen LogP contribution in [0.1, 0.15) is 5.56 Å². The second kappa shape index (κ2) is 8.06. The van der Waals surface area contributed by atoms with E-state index in [9.17, 15) is 9.90 Å². The lowest BCUT2D eigenvalue weighted by molar-refractivity contribution is -0.135. The van der Waals surface area contributed by atoms with Crippen molar-refractivity contribution >= 4 is 51.6 Å². The molecule has 9 heteroatoms. The monoisotopic (exact) mass is 427 g/mol. The van der Waals surface area contributed by atoms with Crippen molar-refractivity contribution in [2.24, 2.45) is 0 Å². The summed E-state index contributed by atoms with van der Waals surface area (Å²) in [5.74, 6) is -1.02. The molecule has 0 saturated heterocycles. The number of aliphatic carboxylic acids is 1. The maximum atomic E-state index is 11.6. The molecule has 0 bridgehead atoms. The van der Waals surface area contributed by atoms with Crippen LogP contribution in [0.2, 0.25) is 10.0 Å². The molecule has 146 valence electrons. The maximum absolute atomic E-state index is 11.6. The van der Waals surface area contributed by atoms with Gasteiger partial charge < -0.3 is 14.6 Å². The van der Waals surface area contributed by atoms with Crippen LogP contribution in [0.15, 0.2) is 61.4 Å². The van der Waals surface area contributed by atoms with Gasteiger partial charge in [-0.2, -0.15) is 0 Å². The molecule has 4 aromatic heterocycles. The molecular formula is C20H15Cl2N5O2. The number of pyridine rings is 3. The molecule has 0 amide bonds. The highest BCUT2D eigenvalue weighted by Crippen LogP contribution is 2.40. The minimum Gasteiger partial charge on any atom is -0.480 e. The molecule has 4 aromatic rings. The predicted molar refractivity (Wildman–Crippen MR) is 112 cm³/mol. The number of carbonyl (C=O) groups is 1. The number of anilines is 2. The highest BCUT2D eigenvalue weighted by atomic mass is 35.5. The average molecular weight is 428 g/mol. The summed E-state index contributed by atoms with van der Waals surface area (Å²) in [6.07, 6.45) is 9.88. The number of carboxylic acid groups (broad SMARTS) is 1. The van der Waals surface area contributed by atoms with E-state index < -0.39 is 5.97 Å². The van der Waals surface area contributed by atoms with Gasteiger partial charge in [0.25, 0.3) is 0 Å². The normalized spacial score (nSPS) is 11.0. The third kappa shape index (κ3) is 3.87. The summed E-state index contributed by atoms with van der Waals surface area (Å²) in [6.45, 7) is 0.224. The summed E-state index contributed by atoms with van der Waals surface area (Å²) in [7, 11) is 0. The second-order valence-corrected chi connectivity index (χ2v) is 7.12. The van der Waals surface area contributed by atoms with E-state index in [1.807, 2.05) is 29.0 Å². The molecule has 0 aromatic carbocycles. The largest absolute Gasteiger partial charge is 0.480 e. The van der Waals surface area contributed by atoms with Crippen molar-refractivity contribution in [1.29, 1.82) is 0 Å². The van der Waals surface area contributed by atoms with Crippen LogP contribution < -0.4 is 4.90 Å². The summed E-state index contributed by atoms with van der Waals surface area (Å²) < 4.78 is 1.96. The first kappa shape index (κ1) is 19.2. The molecule has 4 heterocycles. The zero-order chi connectivity index (χ0) is 20.4. The van der Waals surface area contributed by atoms with Gasteiger partial charge in [0.15, 0.2) is 0 Å². The molecule has 0 fully saturated rings. The maximum Gasteiger partial charge on any atom is 0.323 e. The Balaban J connectivity index is 1.89. The van der Waals surface area contributed by atoms with Gasteiger partial charge in [-0.1, -0.05) is 23.2 Å². The third-order valence-corrected chi connectivity index (χ3v) is 4.95. The summed E-state index contributed by atoms with van der Waals surface area (Å²) in [5, 5.41) is 10.8. The molecule has 0 aliphatic carbocycles. The third-order valence-electron chi connectivity index (χ3n) is 4.40. The summed E-state index contributed by atoms with van der Waals surface area (Å²) in [6, 6.07) is 7.52. The minimum absolute atomic E-state index is 0.262. The van der Waals surface area contributed by atoms with Crippen molar-refractivity contribution in [3.8, 4) is 0 Å². The summed E-state index contributed by atoms with van der Waals surface area (Å²) in [4.78, 5) is 25.7. The molecule has 0 atom stereocenters. The first-order valence-corrected chi connectivity index (χ1v) is 9.41. The molecule has 0 spiro atoms. The van der Waals surface area contributed by atoms with E-state index in [0.29, 0.717) is 17.9 Å². The van der Waals surface area contributed by atoms with Crippen molar-refractivity contribution < 1.29 is 9.90 Å². The van der Waals surface area contributed by atoms with Crippen molar-refractivity contribution in [2.45, 2.75) is 6.54 Å². The molecule has 0 aliphatic rings. The fourth-order valence-corrected chi connectivity index (χ4v) is 3.78. The molecule has 0 unspecified atom stereocenters. The van der Waals surface area contributed by atoms with E-state index in [4.69, 9.17) is 23.2 Å². The number of aromatic nitrogens is 4. The Bertz CT molecular complexity index is 1160. The van der Waals surface area contributed by atoms with E-state index in [1.165, 1.54) is 12.4 Å². The number of rotatable bonds is 6. The summed E-state index contributed by atoms with van der Waals surface area (Å²) >= 11 is 12.7. The number of hydrogen-bond donors (Lipinski definition) is 1. The Morgan fingerprint density at radius 1 is 1.07 bits per heavy atom. The second-order valence-electron chi connectivity index (χ2n) is 6.30. The van der Waals surface area contributed by atoms with Crippen LogP contribution in [0.3, 0.4) is 0 Å². The van der Waals surface area contributed by atoms with Gasteiger partial charge >= 0.3 is 5.97 Å². The fraction of sp³-hybridized carbons (Fsp3) is 0.100. The van der Waals surface area contributed by atoms with E-state index in [1.54, 1.807) is 29.6 Å². The van der Waals surface area contributed by atoms with Crippen molar-refractivity contribution in [3.63, 3.8) is 0 Å². The first-order chi connectivity index (χ1) is 14.0. The van der Waals surface area contributed by atoms with Crippen LogP contribution >= 0.6 is 23.2 Å². The SMILES string of the molecule is O=C(O)CN(c1c(Cl)cncc1Cl)c1cn(Cc2ccncc2)c2ncccc12. The van der Waals surface area contributed by atoms with Crippen LogP contribution in [-0.2, 0) is 11.3 Å². The Kier molecular flexibility index (Phi) is 5.33. The van der Waals surface area contributed by atoms with Crippen molar-refractivity contribution in [2.75, 3.05) is 11.4 Å². The lowest BCUT2D eigenvalue weighted by Gasteiger charge is -2.24. The summed E-state index contributed by atoms with van der Waals surface area (Å²) in [5.41, 5.74) is 2.78. The zero-order valence-corrected chi connectivity index (χ0v) is 16.5. The van der Waals surface area contributed by atoms with Gasteiger partial charge in [-0.05, 0) is 29.8 Å². The number of hydrogen-bond acceptors (Lipinski definition) is 5. The molecule has 4 rings (SSSR count). The molecule has 0 radical (unpaired) electrons. The lowest BCUT2D eigenvalue weighted by Crippen LogP contribution is -2.25. The van der Waals surface area contributed by atoms with E-state index >= 15 is 0 Å². The smallest absolute Gasteiger partial charge is 0.323 e. The van der Waals surface area contributed by atoms with Crippen molar-refractivity contribution in [3.05, 3.63) is 77.1 Å². The molecular weight excluding hydrogens is 413 g/mol. The van der Waals surface area contributed by atoms with Crippen molar-refractivity contribution in [1.82, 2.24) is 19.5 Å². The zero-order valence-electron chi connectivity index (χ0n) is 15.0.